The molecule has 1 aliphatic carbocycles. The van der Waals surface area contributed by atoms with Crippen molar-refractivity contribution in [1.29, 1.82) is 0 Å². The number of ether oxygens (including phenoxy) is 1. The summed E-state index contributed by atoms with van der Waals surface area (Å²) in [5.74, 6) is 0.441. The summed E-state index contributed by atoms with van der Waals surface area (Å²) in [6, 6.07) is 10.5. The van der Waals surface area contributed by atoms with Crippen LogP contribution in [0.2, 0.25) is 0 Å². The van der Waals surface area contributed by atoms with Gasteiger partial charge in [0.15, 0.2) is 0 Å². The molecule has 1 saturated carbocycles. The van der Waals surface area contributed by atoms with Crippen LogP contribution in [0.4, 0.5) is 0 Å². The van der Waals surface area contributed by atoms with Crippen LogP contribution in [-0.4, -0.2) is 40.0 Å². The first-order valence-corrected chi connectivity index (χ1v) is 8.82. The van der Waals surface area contributed by atoms with Gasteiger partial charge < -0.3 is 14.7 Å². The Labute approximate surface area is 151 Å². The van der Waals surface area contributed by atoms with E-state index in [9.17, 15) is 14.7 Å². The Morgan fingerprint density at radius 1 is 1.08 bits per heavy atom. The minimum absolute atomic E-state index is 0.0876. The highest BCUT2D eigenvalue weighted by Gasteiger charge is 2.46. The lowest BCUT2D eigenvalue weighted by molar-refractivity contribution is -0.142. The van der Waals surface area contributed by atoms with Crippen LogP contribution in [0.5, 0.6) is 11.5 Å². The van der Waals surface area contributed by atoms with Crippen LogP contribution in [0.25, 0.3) is 0 Å². The van der Waals surface area contributed by atoms with E-state index in [2.05, 4.69) is 4.98 Å². The molecule has 6 nitrogen and oxygen atoms in total. The highest BCUT2D eigenvalue weighted by atomic mass is 16.5. The number of hydrogen-bond acceptors (Lipinski definition) is 4. The summed E-state index contributed by atoms with van der Waals surface area (Å²) in [6.07, 6.45) is 5.45. The first kappa shape index (κ1) is 16.6. The standard InChI is InChI=1S/C20H20N2O4/c23-19(22-11-17(13-3-4-13)18(12-22)20(24)25)14-5-7-15(8-6-14)26-16-2-1-9-21-10-16/h1-2,5-10,13,17-18H,3-4,11-12H2,(H,24,25)/t17-,18+/m1/s1. The number of pyridine rings is 1. The van der Waals surface area contributed by atoms with Gasteiger partial charge in [-0.05, 0) is 61.1 Å². The van der Waals surface area contributed by atoms with Crippen molar-refractivity contribution in [2.45, 2.75) is 12.8 Å². The third-order valence-electron chi connectivity index (χ3n) is 5.17. The number of nitrogens with zero attached hydrogens (tertiary/aromatic N) is 2. The van der Waals surface area contributed by atoms with Gasteiger partial charge in [-0.1, -0.05) is 0 Å². The fourth-order valence-corrected chi connectivity index (χ4v) is 3.65. The number of amides is 1. The maximum Gasteiger partial charge on any atom is 0.308 e. The molecule has 2 aromatic rings. The van der Waals surface area contributed by atoms with Gasteiger partial charge in [0, 0.05) is 24.8 Å². The second-order valence-corrected chi connectivity index (χ2v) is 6.97. The second kappa shape index (κ2) is 6.78. The number of rotatable bonds is 5. The predicted octanol–water partition coefficient (Wildman–Crippen LogP) is 3.06. The molecule has 1 aliphatic heterocycles. The summed E-state index contributed by atoms with van der Waals surface area (Å²) in [4.78, 5) is 29.9. The van der Waals surface area contributed by atoms with Crippen LogP contribution < -0.4 is 4.74 Å². The molecule has 0 bridgehead atoms. The minimum atomic E-state index is -0.794. The normalized spacial score (nSPS) is 22.2. The molecule has 2 atom stereocenters. The maximum atomic E-state index is 12.8. The number of benzene rings is 1. The number of carbonyl (C=O) groups is 2. The van der Waals surface area contributed by atoms with Gasteiger partial charge in [0.2, 0.25) is 0 Å². The molecule has 2 fully saturated rings. The van der Waals surface area contributed by atoms with Crippen molar-refractivity contribution < 1.29 is 19.4 Å². The lowest BCUT2D eigenvalue weighted by atomic mass is 9.92. The molecule has 134 valence electrons. The van der Waals surface area contributed by atoms with Crippen LogP contribution in [0.1, 0.15) is 23.2 Å². The van der Waals surface area contributed by atoms with Gasteiger partial charge in [-0.15, -0.1) is 0 Å². The Morgan fingerprint density at radius 3 is 2.46 bits per heavy atom. The molecule has 0 spiro atoms. The van der Waals surface area contributed by atoms with Crippen molar-refractivity contribution in [3.05, 3.63) is 54.4 Å². The lowest BCUT2D eigenvalue weighted by Gasteiger charge is -2.16. The van der Waals surface area contributed by atoms with E-state index >= 15 is 0 Å². The van der Waals surface area contributed by atoms with E-state index in [1.54, 1.807) is 53.7 Å². The first-order chi connectivity index (χ1) is 12.6. The van der Waals surface area contributed by atoms with Gasteiger partial charge in [0.25, 0.3) is 5.91 Å². The molecule has 1 amide bonds. The van der Waals surface area contributed by atoms with Crippen molar-refractivity contribution in [3.8, 4) is 11.5 Å². The summed E-state index contributed by atoms with van der Waals surface area (Å²) >= 11 is 0. The Hall–Kier alpha value is -2.89. The number of likely N-dealkylation sites (tertiary alicyclic amines) is 1. The number of carboxylic acid groups (broad SMARTS) is 1. The summed E-state index contributed by atoms with van der Waals surface area (Å²) in [5.41, 5.74) is 0.545. The lowest BCUT2D eigenvalue weighted by Crippen LogP contribution is -2.29. The topological polar surface area (TPSA) is 79.7 Å². The van der Waals surface area contributed by atoms with E-state index < -0.39 is 11.9 Å². The fourth-order valence-electron chi connectivity index (χ4n) is 3.65. The minimum Gasteiger partial charge on any atom is -0.481 e. The molecule has 4 rings (SSSR count). The number of aromatic nitrogens is 1. The number of aliphatic carboxylic acids is 1. The smallest absolute Gasteiger partial charge is 0.308 e. The van der Waals surface area contributed by atoms with Crippen molar-refractivity contribution in [3.63, 3.8) is 0 Å². The zero-order valence-electron chi connectivity index (χ0n) is 14.2. The summed E-state index contributed by atoms with van der Waals surface area (Å²) in [5, 5.41) is 9.45. The Balaban J connectivity index is 1.44. The van der Waals surface area contributed by atoms with Crippen LogP contribution in [0.3, 0.4) is 0 Å². The summed E-state index contributed by atoms with van der Waals surface area (Å²) < 4.78 is 5.68. The molecule has 1 saturated heterocycles. The molecule has 0 radical (unpaired) electrons. The van der Waals surface area contributed by atoms with E-state index in [1.807, 2.05) is 0 Å². The molecule has 6 heteroatoms. The molecule has 1 N–H and O–H groups in total. The molecule has 1 aromatic carbocycles. The molecule has 1 aromatic heterocycles. The number of hydrogen-bond donors (Lipinski definition) is 1. The molecule has 2 heterocycles. The van der Waals surface area contributed by atoms with Gasteiger partial charge in [-0.3, -0.25) is 14.6 Å². The van der Waals surface area contributed by atoms with E-state index in [1.165, 1.54) is 0 Å². The molecular weight excluding hydrogens is 332 g/mol. The zero-order valence-corrected chi connectivity index (χ0v) is 14.2. The van der Waals surface area contributed by atoms with Crippen molar-refractivity contribution >= 4 is 11.9 Å². The Bertz CT molecular complexity index is 802. The van der Waals surface area contributed by atoms with Gasteiger partial charge in [0.05, 0.1) is 12.1 Å². The highest BCUT2D eigenvalue weighted by Crippen LogP contribution is 2.44. The van der Waals surface area contributed by atoms with Crippen LogP contribution >= 0.6 is 0 Å². The third kappa shape index (κ3) is 3.40. The van der Waals surface area contributed by atoms with E-state index in [0.29, 0.717) is 36.1 Å². The van der Waals surface area contributed by atoms with Gasteiger partial charge in [-0.25, -0.2) is 0 Å². The van der Waals surface area contributed by atoms with E-state index in [4.69, 9.17) is 4.74 Å². The van der Waals surface area contributed by atoms with Crippen molar-refractivity contribution in [2.24, 2.45) is 17.8 Å². The van der Waals surface area contributed by atoms with E-state index in [-0.39, 0.29) is 11.8 Å². The van der Waals surface area contributed by atoms with Gasteiger partial charge in [0.1, 0.15) is 11.5 Å². The third-order valence-corrected chi connectivity index (χ3v) is 5.17. The SMILES string of the molecule is O=C(O)[C@H]1CN(C(=O)c2ccc(Oc3cccnc3)cc2)C[C@@H]1C1CC1. The van der Waals surface area contributed by atoms with Crippen LogP contribution in [-0.2, 0) is 4.79 Å². The predicted molar refractivity (Wildman–Crippen MR) is 94.0 cm³/mol. The average molecular weight is 352 g/mol. The average Bonchev–Trinajstić information content (AvgIpc) is 3.40. The van der Waals surface area contributed by atoms with Crippen molar-refractivity contribution in [2.75, 3.05) is 13.1 Å². The Morgan fingerprint density at radius 2 is 1.85 bits per heavy atom. The summed E-state index contributed by atoms with van der Waals surface area (Å²) in [6.45, 7) is 0.831. The van der Waals surface area contributed by atoms with Crippen LogP contribution in [0, 0.1) is 17.8 Å². The van der Waals surface area contributed by atoms with Crippen LogP contribution in [0.15, 0.2) is 48.8 Å². The van der Waals surface area contributed by atoms with Gasteiger partial charge in [-0.2, -0.15) is 0 Å². The monoisotopic (exact) mass is 352 g/mol. The first-order valence-electron chi connectivity index (χ1n) is 8.82. The fraction of sp³-hybridized carbons (Fsp3) is 0.350. The quantitative estimate of drug-likeness (QED) is 0.895. The zero-order chi connectivity index (χ0) is 18.1. The van der Waals surface area contributed by atoms with Gasteiger partial charge >= 0.3 is 5.97 Å². The summed E-state index contributed by atoms with van der Waals surface area (Å²) in [7, 11) is 0. The van der Waals surface area contributed by atoms with Crippen molar-refractivity contribution in [1.82, 2.24) is 9.88 Å². The molecular formula is C20H20N2O4. The number of carboxylic acids is 1. The second-order valence-electron chi connectivity index (χ2n) is 6.97. The maximum absolute atomic E-state index is 12.8. The van der Waals surface area contributed by atoms with E-state index in [0.717, 1.165) is 12.8 Å². The number of carbonyl (C=O) groups excluding carboxylic acids is 1. The Kier molecular flexibility index (Phi) is 4.32. The molecule has 26 heavy (non-hydrogen) atoms. The molecule has 2 aliphatic rings. The largest absolute Gasteiger partial charge is 0.481 e. The highest BCUT2D eigenvalue weighted by molar-refractivity contribution is 5.95. The molecule has 0 unspecified atom stereocenters.